The van der Waals surface area contributed by atoms with Gasteiger partial charge in [-0.15, -0.1) is 0 Å². The van der Waals surface area contributed by atoms with E-state index in [0.29, 0.717) is 32.1 Å². The normalized spacial score (nSPS) is 14.1. The van der Waals surface area contributed by atoms with Gasteiger partial charge in [0.2, 0.25) is 0 Å². The highest BCUT2D eigenvalue weighted by Crippen LogP contribution is 2.45. The fourth-order valence-corrected chi connectivity index (χ4v) is 13.5. The Bertz CT molecular complexity index is 2120. The van der Waals surface area contributed by atoms with E-state index in [-0.39, 0.29) is 25.7 Å². The van der Waals surface area contributed by atoms with Crippen molar-refractivity contribution < 1.29 is 80.2 Å². The molecule has 0 aromatic carbocycles. The van der Waals surface area contributed by atoms with Crippen LogP contribution in [0, 0.1) is 0 Å². The summed E-state index contributed by atoms with van der Waals surface area (Å²) >= 11 is 0. The number of aliphatic hydroxyl groups is 1. The first kappa shape index (κ1) is 99.0. The molecule has 102 heavy (non-hydrogen) atoms. The number of phosphoric ester groups is 2. The Morgan fingerprint density at radius 2 is 0.490 bits per heavy atom. The van der Waals surface area contributed by atoms with Gasteiger partial charge in [-0.05, 0) is 64.2 Å². The van der Waals surface area contributed by atoms with Gasteiger partial charge in [-0.3, -0.25) is 37.3 Å². The number of allylic oxidation sites excluding steroid dienone is 8. The van der Waals surface area contributed by atoms with Gasteiger partial charge in [0.15, 0.2) is 12.2 Å². The first-order chi connectivity index (χ1) is 49.7. The minimum absolute atomic E-state index is 0.0914. The van der Waals surface area contributed by atoms with Crippen molar-refractivity contribution in [3.05, 3.63) is 48.6 Å². The van der Waals surface area contributed by atoms with E-state index in [0.717, 1.165) is 96.3 Å². The third-order valence-electron chi connectivity index (χ3n) is 18.3. The highest BCUT2D eigenvalue weighted by Gasteiger charge is 2.30. The molecule has 0 aromatic rings. The van der Waals surface area contributed by atoms with Gasteiger partial charge in [-0.2, -0.15) is 0 Å². The summed E-state index contributed by atoms with van der Waals surface area (Å²) in [5.74, 6) is -2.19. The van der Waals surface area contributed by atoms with Gasteiger partial charge in [0.1, 0.15) is 19.3 Å². The SMILES string of the molecule is CCCCC/C=C\C/C=C\C/C=C\C/C=C\CCCC(=O)OC[C@H](COP(=O)(O)OC[C@H](O)COP(=O)(O)OC[C@@H](COC(=O)CCCCCCCCCCCCCCC)OC(=O)CCCCCCCCCCCCCCCCCCC)OC(=O)CCCCCCCCCCCCCCCCC. The van der Waals surface area contributed by atoms with Crippen molar-refractivity contribution in [2.24, 2.45) is 0 Å². The number of hydrogen-bond acceptors (Lipinski definition) is 15. The first-order valence-corrected chi connectivity index (χ1v) is 44.9. The second-order valence-corrected chi connectivity index (χ2v) is 31.4. The maximum Gasteiger partial charge on any atom is 0.472 e. The van der Waals surface area contributed by atoms with E-state index in [9.17, 15) is 43.2 Å². The molecule has 0 aromatic heterocycles. The van der Waals surface area contributed by atoms with E-state index in [2.05, 4.69) is 64.2 Å². The maximum absolute atomic E-state index is 13.1. The molecule has 19 heteroatoms. The number of carbonyl (C=O) groups excluding carboxylic acids is 4. The number of ether oxygens (including phenoxy) is 4. The molecular weight excluding hydrogens is 1330 g/mol. The van der Waals surface area contributed by atoms with Gasteiger partial charge in [0.25, 0.3) is 0 Å². The Labute approximate surface area is 623 Å². The average molecular weight is 1490 g/mol. The molecule has 0 fully saturated rings. The van der Waals surface area contributed by atoms with Crippen molar-refractivity contribution in [1.82, 2.24) is 0 Å². The number of aliphatic hydroxyl groups excluding tert-OH is 1. The fourth-order valence-electron chi connectivity index (χ4n) is 11.9. The number of carbonyl (C=O) groups is 4. The lowest BCUT2D eigenvalue weighted by atomic mass is 10.0. The zero-order valence-corrected chi connectivity index (χ0v) is 67.3. The van der Waals surface area contributed by atoms with Gasteiger partial charge in [-0.1, -0.05) is 359 Å². The molecule has 598 valence electrons. The Morgan fingerprint density at radius 3 is 0.775 bits per heavy atom. The van der Waals surface area contributed by atoms with Crippen LogP contribution in [0.25, 0.3) is 0 Å². The van der Waals surface area contributed by atoms with Crippen LogP contribution in [0.15, 0.2) is 48.6 Å². The average Bonchev–Trinajstić information content (AvgIpc) is 0.951. The maximum atomic E-state index is 13.1. The summed E-state index contributed by atoms with van der Waals surface area (Å²) in [6.07, 6.45) is 75.1. The minimum Gasteiger partial charge on any atom is -0.462 e. The predicted molar refractivity (Wildman–Crippen MR) is 418 cm³/mol. The van der Waals surface area contributed by atoms with E-state index < -0.39 is 97.5 Å². The lowest BCUT2D eigenvalue weighted by Gasteiger charge is -2.21. The van der Waals surface area contributed by atoms with Crippen molar-refractivity contribution >= 4 is 39.5 Å². The van der Waals surface area contributed by atoms with Crippen molar-refractivity contribution in [1.29, 1.82) is 0 Å². The zero-order valence-electron chi connectivity index (χ0n) is 65.6. The highest BCUT2D eigenvalue weighted by molar-refractivity contribution is 7.47. The Morgan fingerprint density at radius 1 is 0.275 bits per heavy atom. The molecule has 0 aliphatic heterocycles. The van der Waals surface area contributed by atoms with Crippen LogP contribution in [0.2, 0.25) is 0 Å². The zero-order chi connectivity index (χ0) is 74.6. The third kappa shape index (κ3) is 75.3. The summed E-state index contributed by atoms with van der Waals surface area (Å²) in [5, 5.41) is 10.6. The molecule has 0 amide bonds. The molecular formula is C83H154O17P2. The van der Waals surface area contributed by atoms with Crippen LogP contribution < -0.4 is 0 Å². The Balaban J connectivity index is 5.34. The standard InChI is InChI=1S/C83H154O17P2/c1-5-9-13-17-21-25-29-33-36-38-41-44-48-52-56-60-64-68-81(86)94-74-79(99-82(87)69-65-61-57-53-49-45-40-35-31-27-23-19-15-11-7-3)76-98-102(91,92)96-72-77(84)71-95-101(89,90)97-75-78(73-93-80(85)67-63-59-55-51-47-43-32-28-24-20-16-12-8-4)100-83(88)70-66-62-58-54-50-46-42-39-37-34-30-26-22-18-14-10-6-2/h21,25,33,36,41,44,52,56,77-79,84H,5-20,22-24,26-32,34-35,37-40,42-43,45-51,53-55,57-76H2,1-4H3,(H,89,90)(H,91,92)/b25-21-,36-33-,44-41-,56-52-/t77-,78-,79-/m1/s1. The lowest BCUT2D eigenvalue weighted by molar-refractivity contribution is -0.161. The van der Waals surface area contributed by atoms with Crippen LogP contribution in [0.3, 0.4) is 0 Å². The fraction of sp³-hybridized carbons (Fsp3) is 0.855. The molecule has 0 aliphatic carbocycles. The molecule has 3 N–H and O–H groups in total. The summed E-state index contributed by atoms with van der Waals surface area (Å²) < 4.78 is 68.7. The van der Waals surface area contributed by atoms with E-state index in [1.165, 1.54) is 218 Å². The van der Waals surface area contributed by atoms with Crippen LogP contribution in [0.4, 0.5) is 0 Å². The van der Waals surface area contributed by atoms with Crippen LogP contribution in [0.1, 0.15) is 400 Å². The summed E-state index contributed by atoms with van der Waals surface area (Å²) in [5.41, 5.74) is 0. The van der Waals surface area contributed by atoms with Gasteiger partial charge in [0, 0.05) is 25.7 Å². The second-order valence-electron chi connectivity index (χ2n) is 28.4. The smallest absolute Gasteiger partial charge is 0.462 e. The predicted octanol–water partition coefficient (Wildman–Crippen LogP) is 24.5. The molecule has 0 bridgehead atoms. The van der Waals surface area contributed by atoms with Crippen molar-refractivity contribution in [2.75, 3.05) is 39.6 Å². The van der Waals surface area contributed by atoms with E-state index in [1.54, 1.807) is 0 Å². The molecule has 0 spiro atoms. The summed E-state index contributed by atoms with van der Waals surface area (Å²) in [6, 6.07) is 0. The van der Waals surface area contributed by atoms with Crippen molar-refractivity contribution in [3.63, 3.8) is 0 Å². The molecule has 17 nitrogen and oxygen atoms in total. The molecule has 2 unspecified atom stereocenters. The minimum atomic E-state index is -4.98. The van der Waals surface area contributed by atoms with Crippen LogP contribution >= 0.6 is 15.6 Å². The van der Waals surface area contributed by atoms with E-state index in [1.807, 2.05) is 12.2 Å². The van der Waals surface area contributed by atoms with Crippen molar-refractivity contribution in [2.45, 2.75) is 418 Å². The summed E-state index contributed by atoms with van der Waals surface area (Å²) in [6.45, 7) is 4.90. The lowest BCUT2D eigenvalue weighted by Crippen LogP contribution is -2.30. The van der Waals surface area contributed by atoms with Gasteiger partial charge >= 0.3 is 39.5 Å². The topological polar surface area (TPSA) is 237 Å². The molecule has 0 heterocycles. The highest BCUT2D eigenvalue weighted by atomic mass is 31.2. The number of esters is 4. The molecule has 0 aliphatic rings. The Hall–Kier alpha value is -2.98. The molecule has 0 saturated carbocycles. The van der Waals surface area contributed by atoms with Gasteiger partial charge in [0.05, 0.1) is 26.4 Å². The largest absolute Gasteiger partial charge is 0.472 e. The second kappa shape index (κ2) is 76.2. The Kier molecular flexibility index (Phi) is 74.0. The van der Waals surface area contributed by atoms with E-state index in [4.69, 9.17) is 37.0 Å². The van der Waals surface area contributed by atoms with Crippen LogP contribution in [0.5, 0.6) is 0 Å². The molecule has 0 saturated heterocycles. The van der Waals surface area contributed by atoms with Crippen LogP contribution in [-0.4, -0.2) is 96.7 Å². The number of rotatable bonds is 80. The summed E-state index contributed by atoms with van der Waals surface area (Å²) in [7, 11) is -9.95. The molecule has 0 rings (SSSR count). The van der Waals surface area contributed by atoms with E-state index >= 15 is 0 Å². The quantitative estimate of drug-likeness (QED) is 0.0169. The van der Waals surface area contributed by atoms with Crippen molar-refractivity contribution in [3.8, 4) is 0 Å². The first-order valence-electron chi connectivity index (χ1n) is 41.9. The summed E-state index contributed by atoms with van der Waals surface area (Å²) in [4.78, 5) is 73.1. The third-order valence-corrected chi connectivity index (χ3v) is 20.2. The number of phosphoric acid groups is 2. The van der Waals surface area contributed by atoms with Crippen LogP contribution in [-0.2, 0) is 65.4 Å². The number of hydrogen-bond donors (Lipinski definition) is 3. The van der Waals surface area contributed by atoms with Gasteiger partial charge in [-0.25, -0.2) is 9.13 Å². The number of unbranched alkanes of at least 4 members (excludes halogenated alkanes) is 46. The molecule has 0 radical (unpaired) electrons. The van der Waals surface area contributed by atoms with Gasteiger partial charge < -0.3 is 33.8 Å². The monoisotopic (exact) mass is 1490 g/mol. The molecule has 5 atom stereocenters.